The number of hydrogen-bond donors (Lipinski definition) is 0. The van der Waals surface area contributed by atoms with E-state index in [1.807, 2.05) is 67.6 Å². The highest BCUT2D eigenvalue weighted by atomic mass is 32.2. The second-order valence-corrected chi connectivity index (χ2v) is 13.1. The Balaban J connectivity index is 1.32. The van der Waals surface area contributed by atoms with Gasteiger partial charge in [0.25, 0.3) is 0 Å². The van der Waals surface area contributed by atoms with Crippen LogP contribution in [-0.4, -0.2) is 32.4 Å². The van der Waals surface area contributed by atoms with Crippen molar-refractivity contribution in [1.29, 1.82) is 0 Å². The molecule has 1 aliphatic carbocycles. The third-order valence-corrected chi connectivity index (χ3v) is 9.63. The summed E-state index contributed by atoms with van der Waals surface area (Å²) in [5, 5.41) is 1.41. The molecule has 6 nitrogen and oxygen atoms in total. The first-order valence-electron chi connectivity index (χ1n) is 13.0. The Bertz CT molecular complexity index is 1440. The number of rotatable bonds is 10. The zero-order chi connectivity index (χ0) is 27.2. The fraction of sp³-hybridized carbons (Fsp3) is 0.333. The van der Waals surface area contributed by atoms with Crippen LogP contribution < -0.4 is 0 Å². The van der Waals surface area contributed by atoms with Crippen molar-refractivity contribution in [2.45, 2.75) is 73.4 Å². The van der Waals surface area contributed by atoms with Gasteiger partial charge in [-0.3, -0.25) is 9.59 Å². The number of hydrogen-bond acceptors (Lipinski definition) is 9. The van der Waals surface area contributed by atoms with Crippen LogP contribution in [0.5, 0.6) is 0 Å². The lowest BCUT2D eigenvalue weighted by Gasteiger charge is -2.15. The molecule has 5 rings (SSSR count). The van der Waals surface area contributed by atoms with Crippen LogP contribution in [0.15, 0.2) is 70.8 Å². The lowest BCUT2D eigenvalue weighted by atomic mass is 9.97. The summed E-state index contributed by atoms with van der Waals surface area (Å²) in [5.41, 5.74) is 3.20. The molecule has 2 aromatic heterocycles. The van der Waals surface area contributed by atoms with Crippen LogP contribution in [0.1, 0.15) is 48.3 Å². The number of fused-ring (bicyclic) bond motifs is 3. The maximum absolute atomic E-state index is 12.9. The lowest BCUT2D eigenvalue weighted by Crippen LogP contribution is -2.18. The van der Waals surface area contributed by atoms with Gasteiger partial charge in [0.2, 0.25) is 0 Å². The quantitative estimate of drug-likeness (QED) is 0.0860. The first kappa shape index (κ1) is 27.7. The smallest absolute Gasteiger partial charge is 0.319 e. The summed E-state index contributed by atoms with van der Waals surface area (Å²) in [6.07, 6.45) is 4.34. The molecule has 0 spiro atoms. The van der Waals surface area contributed by atoms with Gasteiger partial charge in [0.05, 0.1) is 0 Å². The van der Waals surface area contributed by atoms with Crippen molar-refractivity contribution in [3.8, 4) is 0 Å². The van der Waals surface area contributed by atoms with Crippen molar-refractivity contribution in [1.82, 2.24) is 9.97 Å². The van der Waals surface area contributed by atoms with E-state index in [0.29, 0.717) is 5.16 Å². The fourth-order valence-corrected chi connectivity index (χ4v) is 7.54. The standard InChI is InChI=1S/C30H30N2O4S3/c1-19(28(33)35-17-21-11-5-3-6-12-21)37-26-25-23-15-9-10-16-24(23)39-27(25)32-30(31-26)38-20(2)29(34)36-18-22-13-7-4-8-14-22/h3-8,11-14,19-20H,9-10,15-18H2,1-2H3. The van der Waals surface area contributed by atoms with Gasteiger partial charge in [0, 0.05) is 10.3 Å². The van der Waals surface area contributed by atoms with E-state index in [2.05, 4.69) is 0 Å². The lowest BCUT2D eigenvalue weighted by molar-refractivity contribution is -0.144. The number of benzene rings is 2. The number of nitrogens with zero attached hydrogens (tertiary/aromatic N) is 2. The topological polar surface area (TPSA) is 78.4 Å². The summed E-state index contributed by atoms with van der Waals surface area (Å²) < 4.78 is 11.1. The predicted octanol–water partition coefficient (Wildman–Crippen LogP) is 7.02. The van der Waals surface area contributed by atoms with E-state index in [4.69, 9.17) is 19.4 Å². The van der Waals surface area contributed by atoms with Gasteiger partial charge in [-0.15, -0.1) is 11.3 Å². The number of aromatic nitrogens is 2. The minimum absolute atomic E-state index is 0.228. The minimum atomic E-state index is -0.480. The normalized spacial score (nSPS) is 14.4. The molecule has 2 heterocycles. The van der Waals surface area contributed by atoms with Gasteiger partial charge in [-0.05, 0) is 56.2 Å². The Labute approximate surface area is 240 Å². The van der Waals surface area contributed by atoms with Crippen LogP contribution in [0.2, 0.25) is 0 Å². The van der Waals surface area contributed by atoms with Crippen LogP contribution in [0.3, 0.4) is 0 Å². The third kappa shape index (κ3) is 7.01. The van der Waals surface area contributed by atoms with Crippen LogP contribution in [0, 0.1) is 0 Å². The zero-order valence-corrected chi connectivity index (χ0v) is 24.4. The Morgan fingerprint density at radius 3 is 2.00 bits per heavy atom. The van der Waals surface area contributed by atoms with Crippen molar-refractivity contribution in [3.05, 3.63) is 82.2 Å². The summed E-state index contributed by atoms with van der Waals surface area (Å²) in [5.74, 6) is -0.600. The van der Waals surface area contributed by atoms with E-state index < -0.39 is 10.5 Å². The molecule has 0 amide bonds. The molecule has 0 saturated heterocycles. The molecule has 4 aromatic rings. The first-order valence-corrected chi connectivity index (χ1v) is 15.6. The van der Waals surface area contributed by atoms with Crippen LogP contribution in [0.4, 0.5) is 0 Å². The summed E-state index contributed by atoms with van der Waals surface area (Å²) >= 11 is 4.39. The van der Waals surface area contributed by atoms with Crippen molar-refractivity contribution in [3.63, 3.8) is 0 Å². The molecule has 0 fully saturated rings. The van der Waals surface area contributed by atoms with E-state index in [1.165, 1.54) is 40.4 Å². The van der Waals surface area contributed by atoms with Crippen LogP contribution in [0.25, 0.3) is 10.2 Å². The third-order valence-electron chi connectivity index (χ3n) is 6.44. The van der Waals surface area contributed by atoms with E-state index in [0.717, 1.165) is 45.6 Å². The molecule has 202 valence electrons. The summed E-state index contributed by atoms with van der Waals surface area (Å²) in [4.78, 5) is 37.6. The Morgan fingerprint density at radius 1 is 0.821 bits per heavy atom. The Kier molecular flexibility index (Phi) is 9.21. The molecule has 0 radical (unpaired) electrons. The van der Waals surface area contributed by atoms with Crippen LogP contribution >= 0.6 is 34.9 Å². The van der Waals surface area contributed by atoms with Crippen molar-refractivity contribution in [2.24, 2.45) is 0 Å². The summed E-state index contributed by atoms with van der Waals surface area (Å²) in [6, 6.07) is 19.3. The highest BCUT2D eigenvalue weighted by Crippen LogP contribution is 2.42. The van der Waals surface area contributed by atoms with Gasteiger partial charge in [0.15, 0.2) is 5.16 Å². The van der Waals surface area contributed by atoms with Gasteiger partial charge in [-0.2, -0.15) is 0 Å². The summed E-state index contributed by atoms with van der Waals surface area (Å²) in [7, 11) is 0. The largest absolute Gasteiger partial charge is 0.460 e. The highest BCUT2D eigenvalue weighted by molar-refractivity contribution is 8.01. The van der Waals surface area contributed by atoms with E-state index in [9.17, 15) is 9.59 Å². The van der Waals surface area contributed by atoms with Gasteiger partial charge < -0.3 is 9.47 Å². The number of aryl methyl sites for hydroxylation is 2. The number of thiophene rings is 1. The Hall–Kier alpha value is -2.88. The molecule has 0 N–H and O–H groups in total. The van der Waals surface area contributed by atoms with E-state index >= 15 is 0 Å². The molecule has 9 heteroatoms. The monoisotopic (exact) mass is 578 g/mol. The van der Waals surface area contributed by atoms with Crippen molar-refractivity contribution in [2.75, 3.05) is 0 Å². The average Bonchev–Trinajstić information content (AvgIpc) is 3.34. The second kappa shape index (κ2) is 13.0. The fourth-order valence-electron chi connectivity index (χ4n) is 4.36. The molecule has 2 atom stereocenters. The number of carbonyl (C=O) groups excluding carboxylic acids is 2. The maximum Gasteiger partial charge on any atom is 0.319 e. The predicted molar refractivity (Wildman–Crippen MR) is 157 cm³/mol. The molecule has 2 aromatic carbocycles. The molecule has 0 bridgehead atoms. The second-order valence-electron chi connectivity index (χ2n) is 9.41. The minimum Gasteiger partial charge on any atom is -0.460 e. The number of thioether (sulfide) groups is 2. The number of ether oxygens (including phenoxy) is 2. The van der Waals surface area contributed by atoms with Crippen LogP contribution in [-0.2, 0) is 45.1 Å². The van der Waals surface area contributed by atoms with Gasteiger partial charge in [-0.1, -0.05) is 84.2 Å². The number of carbonyl (C=O) groups is 2. The summed E-state index contributed by atoms with van der Waals surface area (Å²) in [6.45, 7) is 4.12. The van der Waals surface area contributed by atoms with Gasteiger partial charge in [0.1, 0.15) is 33.6 Å². The van der Waals surface area contributed by atoms with E-state index in [-0.39, 0.29) is 25.2 Å². The zero-order valence-electron chi connectivity index (χ0n) is 21.9. The van der Waals surface area contributed by atoms with Gasteiger partial charge >= 0.3 is 11.9 Å². The van der Waals surface area contributed by atoms with E-state index in [1.54, 1.807) is 18.3 Å². The molecule has 2 unspecified atom stereocenters. The Morgan fingerprint density at radius 2 is 1.38 bits per heavy atom. The highest BCUT2D eigenvalue weighted by Gasteiger charge is 2.26. The molecule has 1 aliphatic rings. The molecular weight excluding hydrogens is 549 g/mol. The van der Waals surface area contributed by atoms with Crippen molar-refractivity contribution >= 4 is 57.0 Å². The molecule has 39 heavy (non-hydrogen) atoms. The maximum atomic E-state index is 12.9. The average molecular weight is 579 g/mol. The van der Waals surface area contributed by atoms with Gasteiger partial charge in [-0.25, -0.2) is 9.97 Å². The number of esters is 2. The first-order chi connectivity index (χ1) is 19.0. The van der Waals surface area contributed by atoms with Crippen molar-refractivity contribution < 1.29 is 19.1 Å². The molecule has 0 saturated carbocycles. The molecule has 0 aliphatic heterocycles. The SMILES string of the molecule is CC(Sc1nc(SC(C)C(=O)OCc2ccccc2)c2c3c(sc2n1)CCCC3)C(=O)OCc1ccccc1. The molecular formula is C30H30N2O4S3.